The third-order valence-electron chi connectivity index (χ3n) is 4.86. The Labute approximate surface area is 148 Å². The van der Waals surface area contributed by atoms with Crippen molar-refractivity contribution in [3.05, 3.63) is 39.5 Å². The minimum atomic E-state index is -2.44. The van der Waals surface area contributed by atoms with E-state index >= 15 is 0 Å². The van der Waals surface area contributed by atoms with Gasteiger partial charge >= 0.3 is 149 Å². The molecule has 1 aromatic carbocycles. The molecular weight excluding hydrogens is 383 g/mol. The molecule has 0 unspecified atom stereocenters. The Morgan fingerprint density at radius 2 is 1.39 bits per heavy atom. The molecule has 0 bridgehead atoms. The minimum absolute atomic E-state index is 1.28. The van der Waals surface area contributed by atoms with Crippen LogP contribution in [0.2, 0.25) is 13.3 Å². The summed E-state index contributed by atoms with van der Waals surface area (Å²) >= 11 is -2.44. The first-order chi connectivity index (χ1) is 11.2. The van der Waals surface area contributed by atoms with Crippen molar-refractivity contribution >= 4 is 24.5 Å². The van der Waals surface area contributed by atoms with Crippen LogP contribution in [0.3, 0.4) is 0 Å². The van der Waals surface area contributed by atoms with Crippen LogP contribution in [0.5, 0.6) is 0 Å². The molecular formula is C22H34Sn. The first-order valence-corrected chi connectivity index (χ1v) is 16.9. The van der Waals surface area contributed by atoms with E-state index in [9.17, 15) is 0 Å². The van der Waals surface area contributed by atoms with E-state index in [1.165, 1.54) is 61.0 Å². The van der Waals surface area contributed by atoms with Gasteiger partial charge in [-0.15, -0.1) is 0 Å². The van der Waals surface area contributed by atoms with E-state index in [0.717, 1.165) is 0 Å². The predicted octanol–water partition coefficient (Wildman–Crippen LogP) is 7.09. The molecule has 0 aromatic heterocycles. The molecule has 0 saturated heterocycles. The van der Waals surface area contributed by atoms with Crippen molar-refractivity contribution in [3.63, 3.8) is 0 Å². The number of benzene rings is 1. The van der Waals surface area contributed by atoms with E-state index in [1.54, 1.807) is 0 Å². The summed E-state index contributed by atoms with van der Waals surface area (Å²) in [5.41, 5.74) is 1.28. The average Bonchev–Trinajstić information content (AvgIpc) is 2.60. The van der Waals surface area contributed by atoms with Crippen molar-refractivity contribution < 1.29 is 0 Å². The maximum atomic E-state index is 6.06. The van der Waals surface area contributed by atoms with Crippen LogP contribution in [-0.2, 0) is 0 Å². The molecule has 126 valence electrons. The zero-order valence-corrected chi connectivity index (χ0v) is 18.3. The van der Waals surface area contributed by atoms with E-state index in [1.807, 2.05) is 0 Å². The Balaban J connectivity index is 3.19. The van der Waals surface area contributed by atoms with Gasteiger partial charge in [-0.1, -0.05) is 0 Å². The summed E-state index contributed by atoms with van der Waals surface area (Å²) in [6, 6.07) is 10.7. The summed E-state index contributed by atoms with van der Waals surface area (Å²) in [4.78, 5) is 0. The zero-order valence-electron chi connectivity index (χ0n) is 15.4. The van der Waals surface area contributed by atoms with Gasteiger partial charge < -0.3 is 0 Å². The standard InChI is InChI=1S/C10H7.3C4H9.Sn/c1-2-3-7-10-8-5-4-6-9-10;3*1-3-4-2;/h1,4-9H;3*1,3-4H2,2H3;. The molecule has 0 heterocycles. The van der Waals surface area contributed by atoms with Crippen molar-refractivity contribution in [2.75, 3.05) is 0 Å². The molecule has 0 aliphatic carbocycles. The summed E-state index contributed by atoms with van der Waals surface area (Å²) in [5.74, 6) is 3.17. The second-order valence-electron chi connectivity index (χ2n) is 6.70. The van der Waals surface area contributed by atoms with Crippen LogP contribution in [0, 0.1) is 12.3 Å². The van der Waals surface area contributed by atoms with Crippen LogP contribution in [0.25, 0.3) is 6.08 Å². The molecule has 0 saturated carbocycles. The van der Waals surface area contributed by atoms with Crippen LogP contribution < -0.4 is 0 Å². The number of unbranched alkanes of at least 4 members (excludes halogenated alkanes) is 3. The van der Waals surface area contributed by atoms with Crippen molar-refractivity contribution in [3.8, 4) is 12.3 Å². The fourth-order valence-corrected chi connectivity index (χ4v) is 18.9. The Morgan fingerprint density at radius 3 is 1.78 bits per heavy atom. The second kappa shape index (κ2) is 11.8. The first-order valence-electron chi connectivity index (χ1n) is 9.46. The van der Waals surface area contributed by atoms with Crippen molar-refractivity contribution in [1.82, 2.24) is 0 Å². The van der Waals surface area contributed by atoms with Crippen molar-refractivity contribution in [2.24, 2.45) is 0 Å². The zero-order chi connectivity index (χ0) is 17.0. The average molecular weight is 417 g/mol. The molecule has 0 radical (unpaired) electrons. The van der Waals surface area contributed by atoms with Crippen LogP contribution in [0.4, 0.5) is 0 Å². The normalized spacial score (nSPS) is 12.2. The Kier molecular flexibility index (Phi) is 10.4. The summed E-state index contributed by atoms with van der Waals surface area (Å²) in [6.45, 7) is 6.94. The summed E-state index contributed by atoms with van der Waals surface area (Å²) in [7, 11) is 0. The van der Waals surface area contributed by atoms with Gasteiger partial charge in [0.1, 0.15) is 0 Å². The van der Waals surface area contributed by atoms with Crippen LogP contribution in [0.15, 0.2) is 33.9 Å². The molecule has 1 aromatic rings. The molecule has 0 atom stereocenters. The van der Waals surface area contributed by atoms with Gasteiger partial charge in [0.05, 0.1) is 0 Å². The van der Waals surface area contributed by atoms with Crippen LogP contribution >= 0.6 is 0 Å². The SMILES string of the molecule is C#C/[C](=C/c1ccccc1)[Sn]([CH2]CCC)([CH2]CCC)[CH2]CCC. The van der Waals surface area contributed by atoms with Gasteiger partial charge in [0, 0.05) is 0 Å². The molecule has 0 nitrogen and oxygen atoms in total. The summed E-state index contributed by atoms with van der Waals surface area (Å²) < 4.78 is 5.75. The quantitative estimate of drug-likeness (QED) is 0.266. The Morgan fingerprint density at radius 1 is 0.913 bits per heavy atom. The molecule has 23 heavy (non-hydrogen) atoms. The van der Waals surface area contributed by atoms with Gasteiger partial charge in [-0.3, -0.25) is 0 Å². The van der Waals surface area contributed by atoms with E-state index in [0.29, 0.717) is 0 Å². The van der Waals surface area contributed by atoms with Crippen LogP contribution in [0.1, 0.15) is 64.9 Å². The number of terminal acetylenes is 1. The first kappa shape index (κ1) is 20.4. The molecule has 0 aliphatic rings. The molecule has 1 rings (SSSR count). The Hall–Kier alpha value is -0.681. The van der Waals surface area contributed by atoms with Gasteiger partial charge in [0.15, 0.2) is 0 Å². The van der Waals surface area contributed by atoms with E-state index in [2.05, 4.69) is 63.1 Å². The van der Waals surface area contributed by atoms with Crippen molar-refractivity contribution in [2.45, 2.75) is 72.6 Å². The van der Waals surface area contributed by atoms with Gasteiger partial charge in [-0.2, -0.15) is 0 Å². The number of rotatable bonds is 11. The van der Waals surface area contributed by atoms with Gasteiger partial charge in [-0.25, -0.2) is 0 Å². The third kappa shape index (κ3) is 6.76. The fraction of sp³-hybridized carbons (Fsp3) is 0.545. The molecule has 0 N–H and O–H groups in total. The number of hydrogen-bond acceptors (Lipinski definition) is 0. The topological polar surface area (TPSA) is 0 Å². The monoisotopic (exact) mass is 418 g/mol. The van der Waals surface area contributed by atoms with E-state index < -0.39 is 18.4 Å². The predicted molar refractivity (Wildman–Crippen MR) is 108 cm³/mol. The van der Waals surface area contributed by atoms with Crippen LogP contribution in [-0.4, -0.2) is 18.4 Å². The second-order valence-corrected chi connectivity index (χ2v) is 19.8. The van der Waals surface area contributed by atoms with E-state index in [4.69, 9.17) is 6.42 Å². The number of allylic oxidation sites excluding steroid dienone is 1. The number of hydrogen-bond donors (Lipinski definition) is 0. The molecule has 0 amide bonds. The molecule has 0 spiro atoms. The van der Waals surface area contributed by atoms with Gasteiger partial charge in [-0.05, 0) is 0 Å². The molecule has 0 fully saturated rings. The van der Waals surface area contributed by atoms with Gasteiger partial charge in [0.25, 0.3) is 0 Å². The van der Waals surface area contributed by atoms with E-state index in [-0.39, 0.29) is 0 Å². The van der Waals surface area contributed by atoms with Gasteiger partial charge in [0.2, 0.25) is 0 Å². The molecule has 0 aliphatic heterocycles. The Bertz CT molecular complexity index is 471. The maximum absolute atomic E-state index is 6.06. The van der Waals surface area contributed by atoms with Crippen molar-refractivity contribution in [1.29, 1.82) is 0 Å². The fourth-order valence-electron chi connectivity index (χ4n) is 3.39. The third-order valence-corrected chi connectivity index (χ3v) is 20.2. The summed E-state index contributed by atoms with van der Waals surface area (Å²) in [6.07, 6.45) is 16.4. The summed E-state index contributed by atoms with van der Waals surface area (Å²) in [5, 5.41) is 0. The molecule has 1 heteroatoms.